The Labute approximate surface area is 129 Å². The van der Waals surface area contributed by atoms with Gasteiger partial charge in [-0.15, -0.1) is 12.4 Å². The van der Waals surface area contributed by atoms with Gasteiger partial charge >= 0.3 is 0 Å². The molecular weight excluding hydrogens is 311 g/mol. The number of carbonyl (C=O) groups is 1. The van der Waals surface area contributed by atoms with Gasteiger partial charge in [0.05, 0.1) is 6.61 Å². The summed E-state index contributed by atoms with van der Waals surface area (Å²) in [5.74, 6) is -0.250. The highest BCUT2D eigenvalue weighted by Gasteiger charge is 2.12. The predicted octanol–water partition coefficient (Wildman–Crippen LogP) is 2.05. The number of carbonyl (C=O) groups excluding carboxylic acids is 1. The third-order valence-electron chi connectivity index (χ3n) is 2.42. The van der Waals surface area contributed by atoms with E-state index in [0.29, 0.717) is 23.0 Å². The number of methoxy groups -OCH3 is 1. The summed E-state index contributed by atoms with van der Waals surface area (Å²) in [6.07, 6.45) is 0.559. The zero-order chi connectivity index (χ0) is 13.5. The van der Waals surface area contributed by atoms with Crippen molar-refractivity contribution in [3.05, 3.63) is 33.8 Å². The number of rotatable bonds is 6. The fraction of sp³-hybridized carbons (Fsp3) is 0.417. The van der Waals surface area contributed by atoms with Crippen LogP contribution in [0.4, 0.5) is 0 Å². The zero-order valence-electron chi connectivity index (χ0n) is 10.5. The minimum atomic E-state index is -0.656. The largest absolute Gasteiger partial charge is 0.383 e. The van der Waals surface area contributed by atoms with E-state index in [4.69, 9.17) is 33.7 Å². The van der Waals surface area contributed by atoms with Gasteiger partial charge in [-0.3, -0.25) is 4.79 Å². The number of halogens is 3. The summed E-state index contributed by atoms with van der Waals surface area (Å²) in [5, 5.41) is 3.90. The van der Waals surface area contributed by atoms with Gasteiger partial charge in [-0.1, -0.05) is 29.3 Å². The summed E-state index contributed by atoms with van der Waals surface area (Å²) >= 11 is 12.0. The van der Waals surface area contributed by atoms with Gasteiger partial charge in [-0.25, -0.2) is 0 Å². The van der Waals surface area contributed by atoms with Gasteiger partial charge in [0, 0.05) is 23.7 Å². The van der Waals surface area contributed by atoms with Crippen LogP contribution in [0.1, 0.15) is 5.56 Å². The van der Waals surface area contributed by atoms with E-state index in [1.165, 1.54) is 7.11 Å². The molecule has 1 aromatic rings. The molecule has 1 amide bonds. The summed E-state index contributed by atoms with van der Waals surface area (Å²) < 4.78 is 4.80. The second-order valence-corrected chi connectivity index (χ2v) is 4.62. The van der Waals surface area contributed by atoms with Gasteiger partial charge in [-0.05, 0) is 24.1 Å². The summed E-state index contributed by atoms with van der Waals surface area (Å²) in [7, 11) is 1.50. The molecule has 0 radical (unpaired) electrons. The minimum absolute atomic E-state index is 0. The monoisotopic (exact) mass is 326 g/mol. The lowest BCUT2D eigenvalue weighted by atomic mass is 10.1. The zero-order valence-corrected chi connectivity index (χ0v) is 12.8. The summed E-state index contributed by atoms with van der Waals surface area (Å²) in [6.45, 7) is 0.623. The fourth-order valence-corrected chi connectivity index (χ4v) is 2.05. The molecule has 19 heavy (non-hydrogen) atoms. The maximum Gasteiger partial charge on any atom is 0.239 e. The third-order valence-corrected chi connectivity index (χ3v) is 3.13. The molecule has 0 aliphatic heterocycles. The summed E-state index contributed by atoms with van der Waals surface area (Å²) in [6, 6.07) is 4.65. The molecular formula is C12H17Cl3N2O2. The second-order valence-electron chi connectivity index (χ2n) is 3.80. The highest BCUT2D eigenvalue weighted by atomic mass is 35.5. The SMILES string of the molecule is COCC(N)C(=O)NCCc1c(Cl)cccc1Cl.Cl. The van der Waals surface area contributed by atoms with Crippen molar-refractivity contribution in [1.82, 2.24) is 5.32 Å². The molecule has 1 unspecified atom stereocenters. The molecule has 0 aromatic heterocycles. The Hall–Kier alpha value is -0.520. The number of hydrogen-bond acceptors (Lipinski definition) is 3. The predicted molar refractivity (Wildman–Crippen MR) is 80.3 cm³/mol. The number of benzene rings is 1. The van der Waals surface area contributed by atoms with Crippen molar-refractivity contribution in [2.45, 2.75) is 12.5 Å². The van der Waals surface area contributed by atoms with Gasteiger partial charge in [0.25, 0.3) is 0 Å². The van der Waals surface area contributed by atoms with Crippen molar-refractivity contribution in [1.29, 1.82) is 0 Å². The third kappa shape index (κ3) is 5.97. The number of amides is 1. The van der Waals surface area contributed by atoms with Gasteiger partial charge in [0.2, 0.25) is 5.91 Å². The highest BCUT2D eigenvalue weighted by Crippen LogP contribution is 2.24. The second kappa shape index (κ2) is 9.39. The molecule has 0 fully saturated rings. The Balaban J connectivity index is 0.00000324. The maximum atomic E-state index is 11.5. The van der Waals surface area contributed by atoms with Crippen LogP contribution in [0.3, 0.4) is 0 Å². The molecule has 0 bridgehead atoms. The van der Waals surface area contributed by atoms with Crippen molar-refractivity contribution in [3.63, 3.8) is 0 Å². The highest BCUT2D eigenvalue weighted by molar-refractivity contribution is 6.35. The molecule has 0 aliphatic rings. The number of nitrogens with one attached hydrogen (secondary N) is 1. The quantitative estimate of drug-likeness (QED) is 0.840. The molecule has 0 aliphatic carbocycles. The fourth-order valence-electron chi connectivity index (χ4n) is 1.47. The number of nitrogens with two attached hydrogens (primary N) is 1. The van der Waals surface area contributed by atoms with Gasteiger partial charge in [0.1, 0.15) is 6.04 Å². The van der Waals surface area contributed by atoms with Crippen molar-refractivity contribution >= 4 is 41.5 Å². The Kier molecular flexibility index (Phi) is 9.14. The van der Waals surface area contributed by atoms with Crippen molar-refractivity contribution in [3.8, 4) is 0 Å². The Morgan fingerprint density at radius 1 is 1.42 bits per heavy atom. The van der Waals surface area contributed by atoms with Crippen LogP contribution in [0.25, 0.3) is 0 Å². The van der Waals surface area contributed by atoms with Crippen molar-refractivity contribution < 1.29 is 9.53 Å². The van der Waals surface area contributed by atoms with E-state index < -0.39 is 6.04 Å². The molecule has 108 valence electrons. The van der Waals surface area contributed by atoms with Crippen LogP contribution < -0.4 is 11.1 Å². The Bertz CT molecular complexity index is 396. The molecule has 0 saturated carbocycles. The van der Waals surface area contributed by atoms with E-state index >= 15 is 0 Å². The lowest BCUT2D eigenvalue weighted by Crippen LogP contribution is -2.44. The van der Waals surface area contributed by atoms with Crippen molar-refractivity contribution in [2.75, 3.05) is 20.3 Å². The van der Waals surface area contributed by atoms with E-state index in [1.54, 1.807) is 18.2 Å². The molecule has 0 heterocycles. The first kappa shape index (κ1) is 18.5. The van der Waals surface area contributed by atoms with E-state index in [2.05, 4.69) is 5.32 Å². The average Bonchev–Trinajstić information content (AvgIpc) is 2.33. The van der Waals surface area contributed by atoms with E-state index in [9.17, 15) is 4.79 Å². The van der Waals surface area contributed by atoms with Crippen LogP contribution in [0.15, 0.2) is 18.2 Å². The molecule has 3 N–H and O–H groups in total. The normalized spacial score (nSPS) is 11.6. The molecule has 0 saturated heterocycles. The summed E-state index contributed by atoms with van der Waals surface area (Å²) in [5.41, 5.74) is 6.40. The van der Waals surface area contributed by atoms with Crippen LogP contribution in [-0.4, -0.2) is 32.2 Å². The first-order chi connectivity index (χ1) is 8.56. The van der Waals surface area contributed by atoms with Gasteiger partial charge < -0.3 is 15.8 Å². The maximum absolute atomic E-state index is 11.5. The Morgan fingerprint density at radius 3 is 2.53 bits per heavy atom. The molecule has 1 rings (SSSR count). The molecule has 0 spiro atoms. The van der Waals surface area contributed by atoms with E-state index in [1.807, 2.05) is 0 Å². The van der Waals surface area contributed by atoms with Crippen molar-refractivity contribution in [2.24, 2.45) is 5.73 Å². The smallest absolute Gasteiger partial charge is 0.239 e. The number of ether oxygens (including phenoxy) is 1. The van der Waals surface area contributed by atoms with E-state index in [0.717, 1.165) is 5.56 Å². The number of hydrogen-bond donors (Lipinski definition) is 2. The van der Waals surface area contributed by atoms with Crippen LogP contribution in [0.2, 0.25) is 10.0 Å². The molecule has 7 heteroatoms. The molecule has 1 atom stereocenters. The first-order valence-corrected chi connectivity index (χ1v) is 6.27. The first-order valence-electron chi connectivity index (χ1n) is 5.51. The minimum Gasteiger partial charge on any atom is -0.383 e. The van der Waals surface area contributed by atoms with Crippen LogP contribution in [0, 0.1) is 0 Å². The average molecular weight is 328 g/mol. The molecule has 4 nitrogen and oxygen atoms in total. The van der Waals surface area contributed by atoms with E-state index in [-0.39, 0.29) is 24.9 Å². The lowest BCUT2D eigenvalue weighted by Gasteiger charge is -2.12. The van der Waals surface area contributed by atoms with Gasteiger partial charge in [0.15, 0.2) is 0 Å². The van der Waals surface area contributed by atoms with Crippen LogP contribution in [0.5, 0.6) is 0 Å². The topological polar surface area (TPSA) is 64.3 Å². The van der Waals surface area contributed by atoms with Crippen LogP contribution >= 0.6 is 35.6 Å². The standard InChI is InChI=1S/C12H16Cl2N2O2.ClH/c1-18-7-11(15)12(17)16-6-5-8-9(13)3-2-4-10(8)14;/h2-4,11H,5-7,15H2,1H3,(H,16,17);1H. The Morgan fingerprint density at radius 2 is 2.00 bits per heavy atom. The van der Waals surface area contributed by atoms with Crippen LogP contribution in [-0.2, 0) is 16.0 Å². The van der Waals surface area contributed by atoms with Gasteiger partial charge in [-0.2, -0.15) is 0 Å². The summed E-state index contributed by atoms with van der Waals surface area (Å²) in [4.78, 5) is 11.5. The lowest BCUT2D eigenvalue weighted by molar-refractivity contribution is -0.123. The molecule has 1 aromatic carbocycles.